The molecule has 3 fully saturated rings. The third kappa shape index (κ3) is 3.67. The molecule has 0 aliphatic carbocycles. The van der Waals surface area contributed by atoms with Gasteiger partial charge in [0, 0.05) is 30.4 Å². The van der Waals surface area contributed by atoms with Gasteiger partial charge in [-0.15, -0.1) is 11.3 Å². The molecule has 5 nitrogen and oxygen atoms in total. The number of carbonyl (C=O) groups is 1. The van der Waals surface area contributed by atoms with E-state index in [0.717, 1.165) is 52.0 Å². The molecule has 1 amide bonds. The minimum Gasteiger partial charge on any atom is -0.377 e. The van der Waals surface area contributed by atoms with Crippen molar-refractivity contribution in [2.75, 3.05) is 32.8 Å². The summed E-state index contributed by atoms with van der Waals surface area (Å²) in [5.74, 6) is 1.19. The van der Waals surface area contributed by atoms with Gasteiger partial charge in [-0.25, -0.2) is 5.06 Å². The molecular formula is C18H26N2O3S. The minimum atomic E-state index is 0.0805. The second kappa shape index (κ2) is 7.52. The van der Waals surface area contributed by atoms with E-state index in [0.29, 0.717) is 24.9 Å². The Balaban J connectivity index is 1.29. The number of rotatable bonds is 4. The van der Waals surface area contributed by atoms with E-state index in [1.807, 2.05) is 11.3 Å². The molecule has 4 rings (SSSR count). The summed E-state index contributed by atoms with van der Waals surface area (Å²) in [5.41, 5.74) is 0. The molecule has 24 heavy (non-hydrogen) atoms. The van der Waals surface area contributed by atoms with Gasteiger partial charge in [0.25, 0.3) is 0 Å². The Morgan fingerprint density at radius 3 is 3.08 bits per heavy atom. The topological polar surface area (TPSA) is 42.0 Å². The first-order valence-electron chi connectivity index (χ1n) is 9.09. The monoisotopic (exact) mass is 350 g/mol. The highest BCUT2D eigenvalue weighted by Crippen LogP contribution is 2.36. The van der Waals surface area contributed by atoms with Gasteiger partial charge < -0.3 is 4.74 Å². The van der Waals surface area contributed by atoms with Crippen LogP contribution < -0.4 is 0 Å². The van der Waals surface area contributed by atoms with E-state index in [1.54, 1.807) is 5.06 Å². The predicted molar refractivity (Wildman–Crippen MR) is 92.4 cm³/mol. The van der Waals surface area contributed by atoms with Crippen LogP contribution in [0.3, 0.4) is 0 Å². The fourth-order valence-corrected chi connectivity index (χ4v) is 4.95. The normalized spacial score (nSPS) is 31.2. The molecule has 4 heterocycles. The lowest BCUT2D eigenvalue weighted by Crippen LogP contribution is -2.42. The molecule has 0 aromatic carbocycles. The number of thiophene rings is 1. The second-order valence-corrected chi connectivity index (χ2v) is 8.17. The summed E-state index contributed by atoms with van der Waals surface area (Å²) in [7, 11) is 0. The van der Waals surface area contributed by atoms with E-state index in [4.69, 9.17) is 9.57 Å². The first-order chi connectivity index (χ1) is 11.8. The Bertz CT molecular complexity index is 544. The number of likely N-dealkylation sites (tertiary alicyclic amines) is 1. The van der Waals surface area contributed by atoms with E-state index in [2.05, 4.69) is 22.4 Å². The van der Waals surface area contributed by atoms with Crippen molar-refractivity contribution in [3.05, 3.63) is 22.4 Å². The summed E-state index contributed by atoms with van der Waals surface area (Å²) < 4.78 is 6.02. The molecular weight excluding hydrogens is 324 g/mol. The second-order valence-electron chi connectivity index (χ2n) is 7.14. The summed E-state index contributed by atoms with van der Waals surface area (Å²) in [6.07, 6.45) is 3.79. The lowest BCUT2D eigenvalue weighted by molar-refractivity contribution is -0.199. The molecule has 0 spiro atoms. The molecule has 0 radical (unpaired) electrons. The van der Waals surface area contributed by atoms with Crippen LogP contribution in [0.4, 0.5) is 0 Å². The van der Waals surface area contributed by atoms with Gasteiger partial charge in [0.15, 0.2) is 0 Å². The number of carbonyl (C=O) groups excluding carboxylic acids is 1. The molecule has 6 heteroatoms. The van der Waals surface area contributed by atoms with Crippen LogP contribution >= 0.6 is 11.3 Å². The van der Waals surface area contributed by atoms with E-state index in [1.165, 1.54) is 4.88 Å². The average molecular weight is 350 g/mol. The van der Waals surface area contributed by atoms with Gasteiger partial charge >= 0.3 is 0 Å². The average Bonchev–Trinajstić information content (AvgIpc) is 3.26. The smallest absolute Gasteiger partial charge is 0.248 e. The number of hydroxylamine groups is 2. The maximum Gasteiger partial charge on any atom is 0.248 e. The van der Waals surface area contributed by atoms with Crippen LogP contribution in [0.1, 0.15) is 30.6 Å². The van der Waals surface area contributed by atoms with Gasteiger partial charge in [-0.3, -0.25) is 14.5 Å². The number of amides is 1. The van der Waals surface area contributed by atoms with Crippen LogP contribution in [0.25, 0.3) is 0 Å². The summed E-state index contributed by atoms with van der Waals surface area (Å²) in [6.45, 7) is 5.44. The van der Waals surface area contributed by atoms with Gasteiger partial charge in [-0.2, -0.15) is 0 Å². The van der Waals surface area contributed by atoms with E-state index in [-0.39, 0.29) is 12.0 Å². The van der Waals surface area contributed by atoms with Gasteiger partial charge in [0.1, 0.15) is 0 Å². The third-order valence-corrected chi connectivity index (χ3v) is 6.36. The van der Waals surface area contributed by atoms with Crippen LogP contribution in [0.2, 0.25) is 0 Å². The number of fused-ring (bicyclic) bond motifs is 1. The van der Waals surface area contributed by atoms with E-state index >= 15 is 0 Å². The van der Waals surface area contributed by atoms with Crippen LogP contribution in [0.15, 0.2) is 17.5 Å². The zero-order valence-corrected chi connectivity index (χ0v) is 14.9. The molecule has 3 atom stereocenters. The van der Waals surface area contributed by atoms with Crippen LogP contribution in [-0.2, 0) is 20.9 Å². The van der Waals surface area contributed by atoms with Gasteiger partial charge in [0.2, 0.25) is 5.91 Å². The predicted octanol–water partition coefficient (Wildman–Crippen LogP) is 2.53. The van der Waals surface area contributed by atoms with Crippen molar-refractivity contribution in [1.82, 2.24) is 9.96 Å². The first kappa shape index (κ1) is 16.5. The highest BCUT2D eigenvalue weighted by Gasteiger charge is 2.42. The summed E-state index contributed by atoms with van der Waals surface area (Å²) in [4.78, 5) is 21.9. The van der Waals surface area contributed by atoms with Gasteiger partial charge in [-0.05, 0) is 43.2 Å². The molecule has 0 N–H and O–H groups in total. The molecule has 0 saturated carbocycles. The van der Waals surface area contributed by atoms with Crippen molar-refractivity contribution in [1.29, 1.82) is 0 Å². The number of nitrogens with zero attached hydrogens (tertiary/aromatic N) is 2. The summed E-state index contributed by atoms with van der Waals surface area (Å²) >= 11 is 1.83. The highest BCUT2D eigenvalue weighted by atomic mass is 32.1. The Labute approximate surface area is 147 Å². The number of hydrogen-bond donors (Lipinski definition) is 0. The van der Waals surface area contributed by atoms with E-state index in [9.17, 15) is 4.79 Å². The fourth-order valence-electron chi connectivity index (χ4n) is 4.21. The molecule has 1 aromatic rings. The fraction of sp³-hybridized carbons (Fsp3) is 0.722. The molecule has 3 aliphatic heterocycles. The van der Waals surface area contributed by atoms with Crippen molar-refractivity contribution >= 4 is 17.2 Å². The van der Waals surface area contributed by atoms with Crippen LogP contribution in [0, 0.1) is 11.8 Å². The molecule has 0 bridgehead atoms. The minimum absolute atomic E-state index is 0.0805. The number of piperidine rings is 1. The van der Waals surface area contributed by atoms with Crippen LogP contribution in [-0.4, -0.2) is 54.8 Å². The quantitative estimate of drug-likeness (QED) is 0.837. The molecule has 3 aliphatic rings. The van der Waals surface area contributed by atoms with E-state index < -0.39 is 0 Å². The lowest BCUT2D eigenvalue weighted by atomic mass is 9.83. The third-order valence-electron chi connectivity index (χ3n) is 5.49. The summed E-state index contributed by atoms with van der Waals surface area (Å²) in [6, 6.07) is 4.33. The maximum absolute atomic E-state index is 12.4. The standard InChI is InChI=1S/C18H26N2O3S/c21-18(20-6-1-2-8-23-20)10-17-16-5-7-19(11-14(16)13-22-17)12-15-4-3-9-24-15/h3-4,9,14,16-17H,1-2,5-8,10-13H2/t14-,16-,17-/m0/s1. The number of ether oxygens (including phenoxy) is 1. The van der Waals surface area contributed by atoms with Crippen molar-refractivity contribution in [2.45, 2.75) is 38.3 Å². The molecule has 0 unspecified atom stereocenters. The molecule has 3 saturated heterocycles. The van der Waals surface area contributed by atoms with Gasteiger partial charge in [0.05, 0.1) is 25.7 Å². The SMILES string of the molecule is O=C(C[C@@H]1OC[C@@H]2CN(Cc3cccs3)CC[C@@H]21)N1CCCCO1. The maximum atomic E-state index is 12.4. The Hall–Kier alpha value is -0.950. The zero-order chi connectivity index (χ0) is 16.4. The highest BCUT2D eigenvalue weighted by molar-refractivity contribution is 7.09. The Kier molecular flexibility index (Phi) is 5.17. The zero-order valence-electron chi connectivity index (χ0n) is 14.1. The first-order valence-corrected chi connectivity index (χ1v) is 9.97. The largest absolute Gasteiger partial charge is 0.377 e. The van der Waals surface area contributed by atoms with Crippen LogP contribution in [0.5, 0.6) is 0 Å². The summed E-state index contributed by atoms with van der Waals surface area (Å²) in [5, 5.41) is 3.71. The molecule has 132 valence electrons. The van der Waals surface area contributed by atoms with Crippen molar-refractivity contribution in [3.8, 4) is 0 Å². The van der Waals surface area contributed by atoms with Crippen molar-refractivity contribution < 1.29 is 14.4 Å². The Morgan fingerprint density at radius 2 is 2.29 bits per heavy atom. The lowest BCUT2D eigenvalue weighted by Gasteiger charge is -2.35. The van der Waals surface area contributed by atoms with Crippen molar-refractivity contribution in [3.63, 3.8) is 0 Å². The van der Waals surface area contributed by atoms with Crippen molar-refractivity contribution in [2.24, 2.45) is 11.8 Å². The molecule has 1 aromatic heterocycles. The van der Waals surface area contributed by atoms with Gasteiger partial charge in [-0.1, -0.05) is 6.07 Å². The number of hydrogen-bond acceptors (Lipinski definition) is 5. The Morgan fingerprint density at radius 1 is 1.33 bits per heavy atom.